The molecule has 0 spiro atoms. The van der Waals surface area contributed by atoms with Crippen LogP contribution < -0.4 is 0 Å². The lowest BCUT2D eigenvalue weighted by Crippen LogP contribution is -2.35. The van der Waals surface area contributed by atoms with E-state index in [0.717, 1.165) is 42.8 Å². The molecule has 0 aromatic rings. The van der Waals surface area contributed by atoms with E-state index in [-0.39, 0.29) is 6.29 Å². The van der Waals surface area contributed by atoms with Gasteiger partial charge in [-0.1, -0.05) is 13.8 Å². The van der Waals surface area contributed by atoms with E-state index in [9.17, 15) is 0 Å². The highest BCUT2D eigenvalue weighted by Gasteiger charge is 2.53. The van der Waals surface area contributed by atoms with Crippen molar-refractivity contribution in [2.75, 3.05) is 13.2 Å². The Labute approximate surface area is 86.0 Å². The summed E-state index contributed by atoms with van der Waals surface area (Å²) >= 11 is 0. The minimum absolute atomic E-state index is 0.155. The standard InChI is InChI=1S/C12H20O2/c1-7(2)10-5-8-6-14-12-11(8)9(10)3-4-13-12/h7-12H,3-6H2,1-2H3/t8-,9-,10?,11+,12+/m0/s1. The molecule has 5 atom stereocenters. The van der Waals surface area contributed by atoms with E-state index in [1.807, 2.05) is 0 Å². The van der Waals surface area contributed by atoms with Crippen LogP contribution in [0.15, 0.2) is 0 Å². The molecule has 1 aliphatic carbocycles. The first kappa shape index (κ1) is 9.17. The molecule has 2 nitrogen and oxygen atoms in total. The van der Waals surface area contributed by atoms with Crippen LogP contribution in [0.3, 0.4) is 0 Å². The van der Waals surface area contributed by atoms with Crippen LogP contribution in [0, 0.1) is 29.6 Å². The number of hydrogen-bond donors (Lipinski definition) is 0. The Morgan fingerprint density at radius 1 is 1.21 bits per heavy atom. The smallest absolute Gasteiger partial charge is 0.160 e. The molecule has 0 amide bonds. The van der Waals surface area contributed by atoms with Gasteiger partial charge in [-0.05, 0) is 36.5 Å². The Balaban J connectivity index is 1.84. The van der Waals surface area contributed by atoms with E-state index in [1.54, 1.807) is 0 Å². The van der Waals surface area contributed by atoms with Gasteiger partial charge in [-0.3, -0.25) is 0 Å². The first-order valence-corrected chi connectivity index (χ1v) is 6.00. The molecule has 0 aromatic carbocycles. The molecule has 1 unspecified atom stereocenters. The van der Waals surface area contributed by atoms with Crippen LogP contribution in [0.5, 0.6) is 0 Å². The highest BCUT2D eigenvalue weighted by Crippen LogP contribution is 2.53. The van der Waals surface area contributed by atoms with Crippen molar-refractivity contribution in [3.63, 3.8) is 0 Å². The zero-order chi connectivity index (χ0) is 9.71. The van der Waals surface area contributed by atoms with Crippen molar-refractivity contribution in [2.45, 2.75) is 33.0 Å². The second-order valence-corrected chi connectivity index (χ2v) is 5.51. The maximum Gasteiger partial charge on any atom is 0.160 e. The van der Waals surface area contributed by atoms with E-state index in [1.165, 1.54) is 12.8 Å². The lowest BCUT2D eigenvalue weighted by molar-refractivity contribution is -0.170. The third-order valence-electron chi connectivity index (χ3n) is 4.54. The quantitative estimate of drug-likeness (QED) is 0.640. The van der Waals surface area contributed by atoms with E-state index in [4.69, 9.17) is 9.47 Å². The molecular formula is C12H20O2. The van der Waals surface area contributed by atoms with Gasteiger partial charge in [-0.2, -0.15) is 0 Å². The second-order valence-electron chi connectivity index (χ2n) is 5.51. The monoisotopic (exact) mass is 196 g/mol. The van der Waals surface area contributed by atoms with Crippen LogP contribution in [0.2, 0.25) is 0 Å². The molecule has 0 bridgehead atoms. The van der Waals surface area contributed by atoms with Crippen molar-refractivity contribution in [3.8, 4) is 0 Å². The molecule has 0 radical (unpaired) electrons. The maximum atomic E-state index is 5.70. The SMILES string of the molecule is CC(C)C1C[C@H]2CO[C@H]3OCC[C@@H]1[C@@H]23. The summed E-state index contributed by atoms with van der Waals surface area (Å²) < 4.78 is 11.4. The fourth-order valence-corrected chi connectivity index (χ4v) is 3.90. The van der Waals surface area contributed by atoms with Gasteiger partial charge < -0.3 is 9.47 Å². The average Bonchev–Trinajstić information content (AvgIpc) is 2.72. The van der Waals surface area contributed by atoms with Gasteiger partial charge in [0.2, 0.25) is 0 Å². The predicted octanol–water partition coefficient (Wildman–Crippen LogP) is 2.29. The lowest BCUT2D eigenvalue weighted by atomic mass is 9.79. The summed E-state index contributed by atoms with van der Waals surface area (Å²) in [6.45, 7) is 6.62. The molecule has 0 N–H and O–H groups in total. The molecule has 2 heterocycles. The zero-order valence-corrected chi connectivity index (χ0v) is 9.11. The molecule has 1 saturated carbocycles. The summed E-state index contributed by atoms with van der Waals surface area (Å²) in [7, 11) is 0. The highest BCUT2D eigenvalue weighted by atomic mass is 16.7. The summed E-state index contributed by atoms with van der Waals surface area (Å²) in [6.07, 6.45) is 2.80. The lowest BCUT2D eigenvalue weighted by Gasteiger charge is -2.34. The summed E-state index contributed by atoms with van der Waals surface area (Å²) in [5.41, 5.74) is 0. The molecule has 0 aromatic heterocycles. The predicted molar refractivity (Wildman–Crippen MR) is 53.7 cm³/mol. The van der Waals surface area contributed by atoms with E-state index < -0.39 is 0 Å². The van der Waals surface area contributed by atoms with E-state index in [0.29, 0.717) is 0 Å². The van der Waals surface area contributed by atoms with Crippen LogP contribution in [-0.2, 0) is 9.47 Å². The third-order valence-corrected chi connectivity index (χ3v) is 4.54. The number of rotatable bonds is 1. The Kier molecular flexibility index (Phi) is 2.10. The van der Waals surface area contributed by atoms with Crippen molar-refractivity contribution in [1.29, 1.82) is 0 Å². The first-order valence-electron chi connectivity index (χ1n) is 6.00. The zero-order valence-electron chi connectivity index (χ0n) is 9.11. The van der Waals surface area contributed by atoms with Gasteiger partial charge in [0, 0.05) is 5.92 Å². The van der Waals surface area contributed by atoms with Gasteiger partial charge >= 0.3 is 0 Å². The fourth-order valence-electron chi connectivity index (χ4n) is 3.90. The van der Waals surface area contributed by atoms with Gasteiger partial charge in [0.05, 0.1) is 13.2 Å². The Bertz CT molecular complexity index is 224. The molecule has 14 heavy (non-hydrogen) atoms. The third kappa shape index (κ3) is 1.17. The van der Waals surface area contributed by atoms with Crippen molar-refractivity contribution < 1.29 is 9.47 Å². The van der Waals surface area contributed by atoms with E-state index in [2.05, 4.69) is 13.8 Å². The van der Waals surface area contributed by atoms with Crippen molar-refractivity contribution in [3.05, 3.63) is 0 Å². The van der Waals surface area contributed by atoms with Crippen LogP contribution in [0.25, 0.3) is 0 Å². The van der Waals surface area contributed by atoms with Gasteiger partial charge in [-0.25, -0.2) is 0 Å². The van der Waals surface area contributed by atoms with Crippen LogP contribution >= 0.6 is 0 Å². The topological polar surface area (TPSA) is 18.5 Å². The normalized spacial score (nSPS) is 51.2. The van der Waals surface area contributed by atoms with Gasteiger partial charge in [0.1, 0.15) is 0 Å². The second kappa shape index (κ2) is 3.21. The maximum absolute atomic E-state index is 5.70. The molecule has 2 heteroatoms. The van der Waals surface area contributed by atoms with Crippen molar-refractivity contribution in [2.24, 2.45) is 29.6 Å². The largest absolute Gasteiger partial charge is 0.352 e. The number of ether oxygens (including phenoxy) is 2. The van der Waals surface area contributed by atoms with Crippen LogP contribution in [-0.4, -0.2) is 19.5 Å². The molecule has 2 aliphatic heterocycles. The van der Waals surface area contributed by atoms with E-state index >= 15 is 0 Å². The highest BCUT2D eigenvalue weighted by molar-refractivity contribution is 4.98. The minimum atomic E-state index is 0.155. The Morgan fingerprint density at radius 2 is 2.07 bits per heavy atom. The summed E-state index contributed by atoms with van der Waals surface area (Å²) in [5.74, 6) is 4.19. The summed E-state index contributed by atoms with van der Waals surface area (Å²) in [4.78, 5) is 0. The average molecular weight is 196 g/mol. The first-order chi connectivity index (χ1) is 6.77. The molecule has 3 fully saturated rings. The Hall–Kier alpha value is -0.0800. The van der Waals surface area contributed by atoms with Crippen molar-refractivity contribution in [1.82, 2.24) is 0 Å². The summed E-state index contributed by atoms with van der Waals surface area (Å²) in [5, 5.41) is 0. The molecule has 3 rings (SSSR count). The molecular weight excluding hydrogens is 176 g/mol. The van der Waals surface area contributed by atoms with Crippen LogP contribution in [0.1, 0.15) is 26.7 Å². The molecule has 3 aliphatic rings. The van der Waals surface area contributed by atoms with Crippen molar-refractivity contribution >= 4 is 0 Å². The fraction of sp³-hybridized carbons (Fsp3) is 1.00. The van der Waals surface area contributed by atoms with Gasteiger partial charge in [-0.15, -0.1) is 0 Å². The molecule has 80 valence electrons. The van der Waals surface area contributed by atoms with Gasteiger partial charge in [0.15, 0.2) is 6.29 Å². The minimum Gasteiger partial charge on any atom is -0.352 e. The van der Waals surface area contributed by atoms with Gasteiger partial charge in [0.25, 0.3) is 0 Å². The summed E-state index contributed by atoms with van der Waals surface area (Å²) in [6, 6.07) is 0. The number of hydrogen-bond acceptors (Lipinski definition) is 2. The Morgan fingerprint density at radius 3 is 2.86 bits per heavy atom. The molecule has 2 saturated heterocycles. The van der Waals surface area contributed by atoms with Crippen LogP contribution in [0.4, 0.5) is 0 Å².